The van der Waals surface area contributed by atoms with Gasteiger partial charge in [0.2, 0.25) is 0 Å². The fourth-order valence-electron chi connectivity index (χ4n) is 3.08. The van der Waals surface area contributed by atoms with Crippen molar-refractivity contribution in [1.29, 1.82) is 0 Å². The molecule has 0 aromatic carbocycles. The van der Waals surface area contributed by atoms with Gasteiger partial charge in [0.15, 0.2) is 0 Å². The lowest BCUT2D eigenvalue weighted by molar-refractivity contribution is 0.168. The SMILES string of the molecule is O=S([O-])C(CCN1CCCCC1)N1CCCCC1. The predicted octanol–water partition coefficient (Wildman–Crippen LogP) is 1.55. The van der Waals surface area contributed by atoms with E-state index in [4.69, 9.17) is 0 Å². The Morgan fingerprint density at radius 2 is 1.50 bits per heavy atom. The molecule has 0 amide bonds. The van der Waals surface area contributed by atoms with E-state index in [1.807, 2.05) is 0 Å². The van der Waals surface area contributed by atoms with Crippen molar-refractivity contribution in [1.82, 2.24) is 9.80 Å². The smallest absolute Gasteiger partial charge is 0.0738 e. The molecule has 106 valence electrons. The van der Waals surface area contributed by atoms with Crippen molar-refractivity contribution in [2.24, 2.45) is 0 Å². The topological polar surface area (TPSA) is 46.6 Å². The molecule has 18 heavy (non-hydrogen) atoms. The molecular weight excluding hydrogens is 248 g/mol. The van der Waals surface area contributed by atoms with Gasteiger partial charge in [0, 0.05) is 6.54 Å². The Morgan fingerprint density at radius 1 is 0.944 bits per heavy atom. The third kappa shape index (κ3) is 4.30. The van der Waals surface area contributed by atoms with Crippen molar-refractivity contribution in [3.63, 3.8) is 0 Å². The highest BCUT2D eigenvalue weighted by molar-refractivity contribution is 7.79. The molecule has 2 fully saturated rings. The van der Waals surface area contributed by atoms with Crippen LogP contribution in [0.25, 0.3) is 0 Å². The molecule has 0 aromatic heterocycles. The lowest BCUT2D eigenvalue weighted by Gasteiger charge is -2.37. The zero-order chi connectivity index (χ0) is 12.8. The van der Waals surface area contributed by atoms with E-state index in [1.165, 1.54) is 25.7 Å². The molecule has 0 radical (unpaired) electrons. The molecule has 0 spiro atoms. The van der Waals surface area contributed by atoms with Crippen LogP contribution in [0.2, 0.25) is 0 Å². The molecule has 2 unspecified atom stereocenters. The van der Waals surface area contributed by atoms with Crippen LogP contribution in [-0.4, -0.2) is 56.7 Å². The van der Waals surface area contributed by atoms with Crippen molar-refractivity contribution in [2.45, 2.75) is 50.3 Å². The van der Waals surface area contributed by atoms with E-state index in [0.717, 1.165) is 52.0 Å². The summed E-state index contributed by atoms with van der Waals surface area (Å²) < 4.78 is 22.8. The first-order chi connectivity index (χ1) is 8.77. The first-order valence-electron chi connectivity index (χ1n) is 7.32. The maximum Gasteiger partial charge on any atom is 0.0738 e. The van der Waals surface area contributed by atoms with Crippen molar-refractivity contribution < 1.29 is 8.76 Å². The van der Waals surface area contributed by atoms with Crippen LogP contribution >= 0.6 is 0 Å². The summed E-state index contributed by atoms with van der Waals surface area (Å²) in [5.74, 6) is 0. The van der Waals surface area contributed by atoms with Crippen molar-refractivity contribution in [3.05, 3.63) is 0 Å². The highest BCUT2D eigenvalue weighted by Crippen LogP contribution is 2.17. The van der Waals surface area contributed by atoms with Gasteiger partial charge in [-0.3, -0.25) is 9.11 Å². The average Bonchev–Trinajstić information content (AvgIpc) is 2.41. The summed E-state index contributed by atoms with van der Waals surface area (Å²) >= 11 is -1.96. The molecule has 0 saturated carbocycles. The number of piperidine rings is 2. The number of nitrogens with zero attached hydrogens (tertiary/aromatic N) is 2. The largest absolute Gasteiger partial charge is 0.771 e. The minimum Gasteiger partial charge on any atom is -0.771 e. The van der Waals surface area contributed by atoms with Crippen molar-refractivity contribution in [2.75, 3.05) is 32.7 Å². The number of hydrogen-bond acceptors (Lipinski definition) is 4. The Hall–Kier alpha value is 0.0300. The molecule has 0 aromatic rings. The summed E-state index contributed by atoms with van der Waals surface area (Å²) in [5.41, 5.74) is 0. The zero-order valence-corrected chi connectivity index (χ0v) is 12.0. The minimum atomic E-state index is -1.96. The standard InChI is InChI=1S/C13H26N2O2S/c16-18(17)13(15-10-5-2-6-11-15)7-12-14-8-3-1-4-9-14/h13H,1-12H2,(H,16,17)/p-1. The maximum atomic E-state index is 11.4. The van der Waals surface area contributed by atoms with Gasteiger partial charge < -0.3 is 9.45 Å². The molecule has 0 bridgehead atoms. The lowest BCUT2D eigenvalue weighted by atomic mass is 10.1. The third-order valence-electron chi connectivity index (χ3n) is 4.16. The second-order valence-corrected chi connectivity index (χ2v) is 6.57. The maximum absolute atomic E-state index is 11.4. The van der Waals surface area contributed by atoms with Crippen LogP contribution < -0.4 is 0 Å². The van der Waals surface area contributed by atoms with Gasteiger partial charge in [0.05, 0.1) is 5.37 Å². The quantitative estimate of drug-likeness (QED) is 0.713. The lowest BCUT2D eigenvalue weighted by Crippen LogP contribution is -2.44. The van der Waals surface area contributed by atoms with Gasteiger partial charge in [0.25, 0.3) is 0 Å². The molecule has 0 aliphatic carbocycles. The van der Waals surface area contributed by atoms with E-state index in [1.54, 1.807) is 0 Å². The molecule has 2 saturated heterocycles. The van der Waals surface area contributed by atoms with Crippen LogP contribution in [-0.2, 0) is 11.1 Å². The summed E-state index contributed by atoms with van der Waals surface area (Å²) in [5, 5.41) is -0.257. The second kappa shape index (κ2) is 7.58. The summed E-state index contributed by atoms with van der Waals surface area (Å²) in [6.07, 6.45) is 8.20. The van der Waals surface area contributed by atoms with E-state index < -0.39 is 11.1 Å². The summed E-state index contributed by atoms with van der Waals surface area (Å²) in [7, 11) is 0. The van der Waals surface area contributed by atoms with Crippen molar-refractivity contribution in [3.8, 4) is 0 Å². The summed E-state index contributed by atoms with van der Waals surface area (Å²) in [6.45, 7) is 5.16. The molecular formula is C13H25N2O2S-. The van der Waals surface area contributed by atoms with E-state index >= 15 is 0 Å². The Labute approximate surface area is 113 Å². The van der Waals surface area contributed by atoms with E-state index in [2.05, 4.69) is 9.80 Å². The molecule has 5 heteroatoms. The van der Waals surface area contributed by atoms with Gasteiger partial charge in [-0.2, -0.15) is 0 Å². The molecule has 2 aliphatic rings. The van der Waals surface area contributed by atoms with Gasteiger partial charge in [-0.25, -0.2) is 0 Å². The fraction of sp³-hybridized carbons (Fsp3) is 1.00. The molecule has 2 aliphatic heterocycles. The van der Waals surface area contributed by atoms with Gasteiger partial charge in [-0.15, -0.1) is 0 Å². The Balaban J connectivity index is 1.79. The Kier molecular flexibility index (Phi) is 6.08. The van der Waals surface area contributed by atoms with Crippen LogP contribution in [0, 0.1) is 0 Å². The van der Waals surface area contributed by atoms with Crippen LogP contribution in [0.15, 0.2) is 0 Å². The normalized spacial score (nSPS) is 26.9. The first kappa shape index (κ1) is 14.4. The highest BCUT2D eigenvalue weighted by atomic mass is 32.2. The highest BCUT2D eigenvalue weighted by Gasteiger charge is 2.22. The van der Waals surface area contributed by atoms with E-state index in [0.29, 0.717) is 0 Å². The summed E-state index contributed by atoms with van der Waals surface area (Å²) in [4.78, 5) is 4.59. The number of rotatable bonds is 5. The van der Waals surface area contributed by atoms with Crippen LogP contribution in [0.1, 0.15) is 44.9 Å². The van der Waals surface area contributed by atoms with Gasteiger partial charge in [-0.05, 0) is 69.4 Å². The molecule has 0 N–H and O–H groups in total. The fourth-order valence-corrected chi connectivity index (χ4v) is 3.83. The first-order valence-corrected chi connectivity index (χ1v) is 8.45. The number of likely N-dealkylation sites (tertiary alicyclic amines) is 2. The summed E-state index contributed by atoms with van der Waals surface area (Å²) in [6, 6.07) is 0. The average molecular weight is 273 g/mol. The van der Waals surface area contributed by atoms with Crippen molar-refractivity contribution >= 4 is 11.1 Å². The molecule has 2 atom stereocenters. The predicted molar refractivity (Wildman–Crippen MR) is 73.0 cm³/mol. The van der Waals surface area contributed by atoms with Gasteiger partial charge in [-0.1, -0.05) is 12.8 Å². The zero-order valence-electron chi connectivity index (χ0n) is 11.2. The van der Waals surface area contributed by atoms with Crippen LogP contribution in [0.3, 0.4) is 0 Å². The molecule has 4 nitrogen and oxygen atoms in total. The number of hydrogen-bond donors (Lipinski definition) is 0. The van der Waals surface area contributed by atoms with Gasteiger partial charge >= 0.3 is 0 Å². The monoisotopic (exact) mass is 273 g/mol. The Morgan fingerprint density at radius 3 is 2.06 bits per heavy atom. The second-order valence-electron chi connectivity index (χ2n) is 5.50. The Bertz CT molecular complexity index is 264. The van der Waals surface area contributed by atoms with E-state index in [-0.39, 0.29) is 5.37 Å². The minimum absolute atomic E-state index is 0.257. The van der Waals surface area contributed by atoms with E-state index in [9.17, 15) is 8.76 Å². The van der Waals surface area contributed by atoms with Crippen LogP contribution in [0.4, 0.5) is 0 Å². The van der Waals surface area contributed by atoms with Crippen LogP contribution in [0.5, 0.6) is 0 Å². The molecule has 2 heterocycles. The van der Waals surface area contributed by atoms with Gasteiger partial charge in [0.1, 0.15) is 0 Å². The third-order valence-corrected chi connectivity index (χ3v) is 5.14. The molecule has 2 rings (SSSR count).